The molecular weight excluding hydrogens is 246 g/mol. The zero-order chi connectivity index (χ0) is 12.1. The maximum Gasteiger partial charge on any atom is 0.145 e. The molecule has 0 bridgehead atoms. The highest BCUT2D eigenvalue weighted by Crippen LogP contribution is 2.49. The molecule has 0 aliphatic heterocycles. The average Bonchev–Trinajstić information content (AvgIpc) is 3.00. The van der Waals surface area contributed by atoms with Crippen molar-refractivity contribution in [3.63, 3.8) is 0 Å². The Morgan fingerprint density at radius 1 is 1.17 bits per heavy atom. The van der Waals surface area contributed by atoms with Gasteiger partial charge in [-0.15, -0.1) is 0 Å². The molecule has 2 fully saturated rings. The monoisotopic (exact) mass is 261 g/mol. The van der Waals surface area contributed by atoms with Gasteiger partial charge in [-0.2, -0.15) is 0 Å². The SMILES string of the molecule is Clc1ncnc2c1ccn2C1CC2CCCC2C1. The van der Waals surface area contributed by atoms with Crippen LogP contribution >= 0.6 is 11.6 Å². The van der Waals surface area contributed by atoms with Crippen molar-refractivity contribution in [1.29, 1.82) is 0 Å². The van der Waals surface area contributed by atoms with Crippen molar-refractivity contribution in [3.05, 3.63) is 23.7 Å². The largest absolute Gasteiger partial charge is 0.329 e. The van der Waals surface area contributed by atoms with Gasteiger partial charge in [0.25, 0.3) is 0 Å². The van der Waals surface area contributed by atoms with Crippen LogP contribution in [0.1, 0.15) is 38.1 Å². The highest BCUT2D eigenvalue weighted by Gasteiger charge is 2.38. The molecule has 0 amide bonds. The lowest BCUT2D eigenvalue weighted by Crippen LogP contribution is -2.05. The van der Waals surface area contributed by atoms with E-state index in [-0.39, 0.29) is 0 Å². The molecule has 3 nitrogen and oxygen atoms in total. The second-order valence-electron chi connectivity index (χ2n) is 5.70. The Hall–Kier alpha value is -1.09. The first-order valence-corrected chi connectivity index (χ1v) is 7.18. The van der Waals surface area contributed by atoms with Gasteiger partial charge in [0.15, 0.2) is 0 Å². The molecule has 2 aliphatic rings. The fourth-order valence-corrected chi connectivity index (χ4v) is 4.18. The molecule has 94 valence electrons. The number of aromatic nitrogens is 3. The molecule has 18 heavy (non-hydrogen) atoms. The van der Waals surface area contributed by atoms with Crippen LogP contribution in [0.5, 0.6) is 0 Å². The standard InChI is InChI=1S/C14H16ClN3/c15-13-12-4-5-18(14(12)17-8-16-13)11-6-9-2-1-3-10(9)7-11/h4-5,8-11H,1-3,6-7H2. The highest BCUT2D eigenvalue weighted by atomic mass is 35.5. The summed E-state index contributed by atoms with van der Waals surface area (Å²) in [5, 5.41) is 1.55. The summed E-state index contributed by atoms with van der Waals surface area (Å²) in [5.41, 5.74) is 1.000. The third-order valence-electron chi connectivity index (χ3n) is 4.82. The molecule has 2 saturated carbocycles. The summed E-state index contributed by atoms with van der Waals surface area (Å²) in [5.74, 6) is 1.90. The lowest BCUT2D eigenvalue weighted by molar-refractivity contribution is 0.457. The number of nitrogens with zero attached hydrogens (tertiary/aromatic N) is 3. The van der Waals surface area contributed by atoms with Crippen LogP contribution in [0.25, 0.3) is 11.0 Å². The van der Waals surface area contributed by atoms with Gasteiger partial charge in [0.2, 0.25) is 0 Å². The van der Waals surface area contributed by atoms with Crippen LogP contribution in [-0.4, -0.2) is 14.5 Å². The maximum absolute atomic E-state index is 6.11. The van der Waals surface area contributed by atoms with E-state index < -0.39 is 0 Å². The van der Waals surface area contributed by atoms with E-state index in [0.29, 0.717) is 11.2 Å². The van der Waals surface area contributed by atoms with E-state index in [4.69, 9.17) is 11.6 Å². The van der Waals surface area contributed by atoms with Gasteiger partial charge in [0.05, 0.1) is 5.39 Å². The van der Waals surface area contributed by atoms with E-state index >= 15 is 0 Å². The molecule has 4 heteroatoms. The second-order valence-corrected chi connectivity index (χ2v) is 6.06. The van der Waals surface area contributed by atoms with Gasteiger partial charge >= 0.3 is 0 Å². The Labute approximate surface area is 111 Å². The minimum atomic E-state index is 0.567. The number of fused-ring (bicyclic) bond motifs is 2. The Balaban J connectivity index is 1.73. The molecule has 0 N–H and O–H groups in total. The minimum Gasteiger partial charge on any atom is -0.329 e. The normalized spacial score (nSPS) is 31.1. The van der Waals surface area contributed by atoms with Crippen molar-refractivity contribution in [2.75, 3.05) is 0 Å². The molecule has 0 spiro atoms. The van der Waals surface area contributed by atoms with E-state index in [9.17, 15) is 0 Å². The molecule has 2 aromatic heterocycles. The summed E-state index contributed by atoms with van der Waals surface area (Å²) >= 11 is 6.11. The molecule has 2 aliphatic carbocycles. The van der Waals surface area contributed by atoms with Crippen LogP contribution in [0.4, 0.5) is 0 Å². The van der Waals surface area contributed by atoms with E-state index in [1.165, 1.54) is 32.1 Å². The van der Waals surface area contributed by atoms with Crippen LogP contribution in [0.3, 0.4) is 0 Å². The average molecular weight is 262 g/mol. The third kappa shape index (κ3) is 1.50. The molecule has 0 aromatic carbocycles. The Morgan fingerprint density at radius 3 is 2.72 bits per heavy atom. The predicted octanol–water partition coefficient (Wildman–Crippen LogP) is 3.84. The van der Waals surface area contributed by atoms with Crippen LogP contribution in [0, 0.1) is 11.8 Å². The zero-order valence-electron chi connectivity index (χ0n) is 10.2. The first-order valence-electron chi connectivity index (χ1n) is 6.80. The Morgan fingerprint density at radius 2 is 1.94 bits per heavy atom. The Kier molecular flexibility index (Phi) is 2.37. The maximum atomic E-state index is 6.11. The molecule has 0 radical (unpaired) electrons. The summed E-state index contributed by atoms with van der Waals surface area (Å²) in [4.78, 5) is 8.45. The lowest BCUT2D eigenvalue weighted by atomic mass is 10.0. The summed E-state index contributed by atoms with van der Waals surface area (Å²) < 4.78 is 2.32. The summed E-state index contributed by atoms with van der Waals surface area (Å²) in [6, 6.07) is 2.66. The van der Waals surface area contributed by atoms with Gasteiger partial charge < -0.3 is 4.57 Å². The second kappa shape index (κ2) is 3.95. The lowest BCUT2D eigenvalue weighted by Gasteiger charge is -2.14. The van der Waals surface area contributed by atoms with E-state index in [1.807, 2.05) is 6.07 Å². The molecular formula is C14H16ClN3. The van der Waals surface area contributed by atoms with Crippen LogP contribution in [0.15, 0.2) is 18.6 Å². The first-order chi connectivity index (χ1) is 8.83. The topological polar surface area (TPSA) is 30.7 Å². The highest BCUT2D eigenvalue weighted by molar-refractivity contribution is 6.33. The van der Waals surface area contributed by atoms with Gasteiger partial charge in [-0.25, -0.2) is 9.97 Å². The van der Waals surface area contributed by atoms with Gasteiger partial charge in [-0.3, -0.25) is 0 Å². The fraction of sp³-hybridized carbons (Fsp3) is 0.571. The van der Waals surface area contributed by atoms with Crippen molar-refractivity contribution < 1.29 is 0 Å². The number of halogens is 1. The zero-order valence-corrected chi connectivity index (χ0v) is 11.0. The van der Waals surface area contributed by atoms with E-state index in [1.54, 1.807) is 6.33 Å². The summed E-state index contributed by atoms with van der Waals surface area (Å²) in [6.07, 6.45) is 10.6. The van der Waals surface area contributed by atoms with Gasteiger partial charge in [0.1, 0.15) is 17.1 Å². The predicted molar refractivity (Wildman–Crippen MR) is 71.6 cm³/mol. The van der Waals surface area contributed by atoms with Crippen molar-refractivity contribution in [2.24, 2.45) is 11.8 Å². The van der Waals surface area contributed by atoms with Crippen molar-refractivity contribution in [2.45, 2.75) is 38.1 Å². The van der Waals surface area contributed by atoms with Crippen molar-refractivity contribution in [3.8, 4) is 0 Å². The van der Waals surface area contributed by atoms with Gasteiger partial charge in [-0.05, 0) is 30.7 Å². The number of hydrogen-bond acceptors (Lipinski definition) is 2. The van der Waals surface area contributed by atoms with Crippen molar-refractivity contribution >= 4 is 22.6 Å². The van der Waals surface area contributed by atoms with E-state index in [0.717, 1.165) is 22.9 Å². The molecule has 2 atom stereocenters. The first kappa shape index (κ1) is 10.8. The molecule has 2 unspecified atom stereocenters. The molecule has 4 rings (SSSR count). The van der Waals surface area contributed by atoms with Gasteiger partial charge in [0, 0.05) is 12.2 Å². The molecule has 0 saturated heterocycles. The fourth-order valence-electron chi connectivity index (χ4n) is 3.99. The summed E-state index contributed by atoms with van der Waals surface area (Å²) in [6.45, 7) is 0. The smallest absolute Gasteiger partial charge is 0.145 e. The molecule has 2 heterocycles. The quantitative estimate of drug-likeness (QED) is 0.731. The van der Waals surface area contributed by atoms with Crippen molar-refractivity contribution in [1.82, 2.24) is 14.5 Å². The van der Waals surface area contributed by atoms with Gasteiger partial charge in [-0.1, -0.05) is 30.9 Å². The molecule has 2 aromatic rings. The number of rotatable bonds is 1. The third-order valence-corrected chi connectivity index (χ3v) is 5.12. The summed E-state index contributed by atoms with van der Waals surface area (Å²) in [7, 11) is 0. The van der Waals surface area contributed by atoms with E-state index in [2.05, 4.69) is 20.7 Å². The minimum absolute atomic E-state index is 0.567. The van der Waals surface area contributed by atoms with Crippen LogP contribution < -0.4 is 0 Å². The van der Waals surface area contributed by atoms with Crippen LogP contribution in [-0.2, 0) is 0 Å². The number of hydrogen-bond donors (Lipinski definition) is 0. The van der Waals surface area contributed by atoms with Crippen LogP contribution in [0.2, 0.25) is 5.15 Å². The Bertz CT molecular complexity index is 580.